The van der Waals surface area contributed by atoms with Crippen molar-refractivity contribution >= 4 is 22.5 Å². The van der Waals surface area contributed by atoms with E-state index in [1.54, 1.807) is 51.7 Å². The number of aromatic nitrogens is 3. The number of rotatable bonds is 6. The van der Waals surface area contributed by atoms with Gasteiger partial charge in [0.1, 0.15) is 11.3 Å². The van der Waals surface area contributed by atoms with Gasteiger partial charge in [0.05, 0.1) is 23.8 Å². The van der Waals surface area contributed by atoms with Crippen LogP contribution in [0.3, 0.4) is 0 Å². The predicted octanol–water partition coefficient (Wildman–Crippen LogP) is 3.37. The molecule has 148 valence electrons. The maximum atomic E-state index is 13.7. The third-order valence-corrected chi connectivity index (χ3v) is 4.91. The van der Waals surface area contributed by atoms with E-state index >= 15 is 0 Å². The Morgan fingerprint density at radius 3 is 2.76 bits per heavy atom. The van der Waals surface area contributed by atoms with Crippen LogP contribution in [0.15, 0.2) is 59.5 Å². The van der Waals surface area contributed by atoms with Crippen LogP contribution in [-0.4, -0.2) is 26.6 Å². The number of benzene rings is 2. The molecule has 2 heterocycles. The van der Waals surface area contributed by atoms with Crippen LogP contribution in [0.2, 0.25) is 0 Å². The summed E-state index contributed by atoms with van der Waals surface area (Å²) in [6, 6.07) is 13.0. The zero-order valence-corrected chi connectivity index (χ0v) is 16.1. The van der Waals surface area contributed by atoms with Crippen molar-refractivity contribution in [2.24, 2.45) is 0 Å². The molecule has 0 aliphatic rings. The largest absolute Gasteiger partial charge is 0.352 e. The molecule has 1 amide bonds. The molecule has 0 spiro atoms. The highest BCUT2D eigenvalue weighted by Gasteiger charge is 2.15. The first kappa shape index (κ1) is 18.9. The van der Waals surface area contributed by atoms with E-state index in [4.69, 9.17) is 0 Å². The van der Waals surface area contributed by atoms with Crippen LogP contribution in [0, 0.1) is 5.82 Å². The summed E-state index contributed by atoms with van der Waals surface area (Å²) in [5.74, 6) is -0.549. The predicted molar refractivity (Wildman–Crippen MR) is 110 cm³/mol. The number of carbonyl (C=O) groups is 1. The Balaban J connectivity index is 1.86. The van der Waals surface area contributed by atoms with Crippen molar-refractivity contribution in [2.75, 3.05) is 6.54 Å². The summed E-state index contributed by atoms with van der Waals surface area (Å²) in [7, 11) is 0. The molecule has 7 heteroatoms. The van der Waals surface area contributed by atoms with Crippen LogP contribution in [0.4, 0.5) is 4.39 Å². The van der Waals surface area contributed by atoms with Crippen LogP contribution < -0.4 is 10.9 Å². The molecule has 2 aromatic heterocycles. The van der Waals surface area contributed by atoms with Crippen molar-refractivity contribution < 1.29 is 9.18 Å². The van der Waals surface area contributed by atoms with Crippen molar-refractivity contribution in [3.05, 3.63) is 82.0 Å². The summed E-state index contributed by atoms with van der Waals surface area (Å²) in [4.78, 5) is 25.6. The van der Waals surface area contributed by atoms with Gasteiger partial charge in [0.25, 0.3) is 11.5 Å². The van der Waals surface area contributed by atoms with Gasteiger partial charge in [-0.15, -0.1) is 0 Å². The number of carbonyl (C=O) groups excluding carboxylic acids is 1. The lowest BCUT2D eigenvalue weighted by molar-refractivity contribution is 0.0953. The lowest BCUT2D eigenvalue weighted by Crippen LogP contribution is -2.26. The van der Waals surface area contributed by atoms with E-state index < -0.39 is 0 Å². The van der Waals surface area contributed by atoms with Gasteiger partial charge in [0.2, 0.25) is 0 Å². The molecule has 2 aromatic carbocycles. The minimum Gasteiger partial charge on any atom is -0.352 e. The molecule has 1 N–H and O–H groups in total. The molecule has 0 bridgehead atoms. The van der Waals surface area contributed by atoms with E-state index in [1.165, 1.54) is 12.1 Å². The van der Waals surface area contributed by atoms with Crippen LogP contribution in [0.1, 0.15) is 35.7 Å². The fourth-order valence-electron chi connectivity index (χ4n) is 3.42. The molecule has 6 nitrogen and oxygen atoms in total. The standard InChI is InChI=1S/C22H21FN4O2/c1-2-3-10-24-21(28)16-7-8-18-20(13-16)26(14-15-5-4-6-17(23)12-15)22(29)19-9-11-25-27(18)19/h4-9,11-13H,2-3,10,14H2,1H3,(H,24,28). The fraction of sp³-hybridized carbons (Fsp3) is 0.227. The van der Waals surface area contributed by atoms with Gasteiger partial charge in [0, 0.05) is 12.1 Å². The van der Waals surface area contributed by atoms with Gasteiger partial charge in [-0.2, -0.15) is 5.10 Å². The highest BCUT2D eigenvalue weighted by molar-refractivity contribution is 5.97. The molecule has 0 saturated carbocycles. The highest BCUT2D eigenvalue weighted by Crippen LogP contribution is 2.18. The van der Waals surface area contributed by atoms with Crippen molar-refractivity contribution in [3.8, 4) is 0 Å². The molecule has 4 aromatic rings. The molecule has 0 aliphatic heterocycles. The number of fused-ring (bicyclic) bond motifs is 3. The number of amides is 1. The van der Waals surface area contributed by atoms with E-state index in [1.807, 2.05) is 0 Å². The van der Waals surface area contributed by atoms with E-state index in [0.29, 0.717) is 34.2 Å². The molecule has 0 atom stereocenters. The molecule has 0 radical (unpaired) electrons. The monoisotopic (exact) mass is 392 g/mol. The van der Waals surface area contributed by atoms with Crippen molar-refractivity contribution in [1.29, 1.82) is 0 Å². The average molecular weight is 392 g/mol. The molecule has 4 rings (SSSR count). The molecule has 0 fully saturated rings. The van der Waals surface area contributed by atoms with Crippen LogP contribution in [-0.2, 0) is 6.54 Å². The van der Waals surface area contributed by atoms with E-state index in [0.717, 1.165) is 12.8 Å². The third-order valence-electron chi connectivity index (χ3n) is 4.91. The lowest BCUT2D eigenvalue weighted by Gasteiger charge is -2.13. The van der Waals surface area contributed by atoms with Crippen LogP contribution >= 0.6 is 0 Å². The van der Waals surface area contributed by atoms with Gasteiger partial charge in [-0.1, -0.05) is 25.5 Å². The summed E-state index contributed by atoms with van der Waals surface area (Å²) < 4.78 is 16.8. The Morgan fingerprint density at radius 1 is 1.10 bits per heavy atom. The summed E-state index contributed by atoms with van der Waals surface area (Å²) in [6.45, 7) is 2.85. The number of nitrogens with one attached hydrogen (secondary N) is 1. The minimum absolute atomic E-state index is 0.189. The molecular formula is C22H21FN4O2. The van der Waals surface area contributed by atoms with Crippen molar-refractivity contribution in [2.45, 2.75) is 26.3 Å². The van der Waals surface area contributed by atoms with Gasteiger partial charge in [-0.25, -0.2) is 8.91 Å². The van der Waals surface area contributed by atoms with Gasteiger partial charge in [-0.3, -0.25) is 9.59 Å². The number of unbranched alkanes of at least 4 members (excludes halogenated alkanes) is 1. The second-order valence-corrected chi connectivity index (χ2v) is 6.96. The summed E-state index contributed by atoms with van der Waals surface area (Å²) in [5.41, 5.74) is 2.57. The normalized spacial score (nSPS) is 11.2. The minimum atomic E-state index is -0.360. The number of hydrogen-bond acceptors (Lipinski definition) is 3. The molecule has 0 saturated heterocycles. The summed E-state index contributed by atoms with van der Waals surface area (Å²) in [5, 5.41) is 7.14. The number of hydrogen-bond donors (Lipinski definition) is 1. The maximum absolute atomic E-state index is 13.7. The quantitative estimate of drug-likeness (QED) is 0.512. The average Bonchev–Trinajstić information content (AvgIpc) is 3.21. The Morgan fingerprint density at radius 2 is 1.97 bits per heavy atom. The first-order valence-corrected chi connectivity index (χ1v) is 9.61. The Labute approximate surface area is 166 Å². The molecule has 0 unspecified atom stereocenters. The topological polar surface area (TPSA) is 68.4 Å². The Hall–Kier alpha value is -3.48. The highest BCUT2D eigenvalue weighted by atomic mass is 19.1. The van der Waals surface area contributed by atoms with Gasteiger partial charge >= 0.3 is 0 Å². The third kappa shape index (κ3) is 3.63. The summed E-state index contributed by atoms with van der Waals surface area (Å²) >= 11 is 0. The molecular weight excluding hydrogens is 371 g/mol. The van der Waals surface area contributed by atoms with E-state index in [-0.39, 0.29) is 23.8 Å². The maximum Gasteiger partial charge on any atom is 0.277 e. The SMILES string of the molecule is CCCCNC(=O)c1ccc2c(c1)n(Cc1cccc(F)c1)c(=O)c1ccnn12. The first-order chi connectivity index (χ1) is 14.1. The van der Waals surface area contributed by atoms with Gasteiger partial charge < -0.3 is 9.88 Å². The fourth-order valence-corrected chi connectivity index (χ4v) is 3.42. The second-order valence-electron chi connectivity index (χ2n) is 6.96. The van der Waals surface area contributed by atoms with Crippen LogP contribution in [0.5, 0.6) is 0 Å². The second kappa shape index (κ2) is 7.87. The van der Waals surface area contributed by atoms with E-state index in [9.17, 15) is 14.0 Å². The number of halogens is 1. The Bertz CT molecular complexity index is 1260. The Kier molecular flexibility index (Phi) is 5.12. The zero-order chi connectivity index (χ0) is 20.4. The van der Waals surface area contributed by atoms with Crippen molar-refractivity contribution in [3.63, 3.8) is 0 Å². The number of nitrogens with zero attached hydrogens (tertiary/aromatic N) is 3. The van der Waals surface area contributed by atoms with Gasteiger partial charge in [-0.05, 0) is 48.4 Å². The molecule has 29 heavy (non-hydrogen) atoms. The zero-order valence-electron chi connectivity index (χ0n) is 16.1. The summed E-state index contributed by atoms with van der Waals surface area (Å²) in [6.07, 6.45) is 3.45. The van der Waals surface area contributed by atoms with Crippen molar-refractivity contribution in [1.82, 2.24) is 19.5 Å². The molecule has 0 aliphatic carbocycles. The first-order valence-electron chi connectivity index (χ1n) is 9.61. The van der Waals surface area contributed by atoms with E-state index in [2.05, 4.69) is 17.3 Å². The lowest BCUT2D eigenvalue weighted by atomic mass is 10.1. The smallest absolute Gasteiger partial charge is 0.277 e. The van der Waals surface area contributed by atoms with Gasteiger partial charge in [0.15, 0.2) is 0 Å². The van der Waals surface area contributed by atoms with Crippen LogP contribution in [0.25, 0.3) is 16.6 Å².